The molecule has 192 valence electrons. The highest BCUT2D eigenvalue weighted by Gasteiger charge is 2.59. The van der Waals surface area contributed by atoms with Crippen molar-refractivity contribution in [2.24, 2.45) is 0 Å². The molecule has 0 bridgehead atoms. The van der Waals surface area contributed by atoms with Crippen molar-refractivity contribution in [3.63, 3.8) is 0 Å². The van der Waals surface area contributed by atoms with Gasteiger partial charge in [0.15, 0.2) is 5.54 Å². The molecule has 0 radical (unpaired) electrons. The number of aromatic amines is 1. The quantitative estimate of drug-likeness (QED) is 0.384. The topological polar surface area (TPSA) is 94.7 Å². The Morgan fingerprint density at radius 1 is 1.08 bits per heavy atom. The summed E-state index contributed by atoms with van der Waals surface area (Å²) in [7, 11) is 1.62. The number of fused-ring (bicyclic) bond motifs is 5. The van der Waals surface area contributed by atoms with Crippen LogP contribution >= 0.6 is 0 Å². The lowest BCUT2D eigenvalue weighted by atomic mass is 9.87. The third-order valence-electron chi connectivity index (χ3n) is 7.73. The largest absolute Gasteiger partial charge is 0.497 e. The van der Waals surface area contributed by atoms with Crippen molar-refractivity contribution in [2.75, 3.05) is 18.6 Å². The minimum atomic E-state index is -1.22. The summed E-state index contributed by atoms with van der Waals surface area (Å²) in [6.45, 7) is 4.50. The molecule has 8 heteroatoms. The fourth-order valence-corrected chi connectivity index (χ4v) is 5.60. The van der Waals surface area contributed by atoms with E-state index in [0.717, 1.165) is 38.2 Å². The van der Waals surface area contributed by atoms with Gasteiger partial charge in [-0.25, -0.2) is 9.69 Å². The molecule has 0 spiro atoms. The van der Waals surface area contributed by atoms with Crippen LogP contribution in [0.15, 0.2) is 66.7 Å². The Labute approximate surface area is 220 Å². The predicted molar refractivity (Wildman–Crippen MR) is 144 cm³/mol. The summed E-state index contributed by atoms with van der Waals surface area (Å²) in [5, 5.41) is 3.91. The van der Waals surface area contributed by atoms with Gasteiger partial charge >= 0.3 is 6.03 Å². The van der Waals surface area contributed by atoms with Crippen LogP contribution in [0.1, 0.15) is 39.7 Å². The van der Waals surface area contributed by atoms with Gasteiger partial charge in [0.1, 0.15) is 5.75 Å². The van der Waals surface area contributed by atoms with Crippen molar-refractivity contribution in [2.45, 2.75) is 32.4 Å². The number of carbonyl (C=O) groups excluding carboxylic acids is 3. The van der Waals surface area contributed by atoms with E-state index in [1.165, 1.54) is 0 Å². The maximum Gasteiger partial charge on any atom is 0.332 e. The smallest absolute Gasteiger partial charge is 0.332 e. The molecule has 38 heavy (non-hydrogen) atoms. The van der Waals surface area contributed by atoms with Crippen molar-refractivity contribution in [1.29, 1.82) is 0 Å². The summed E-state index contributed by atoms with van der Waals surface area (Å²) in [5.74, 6) is -0.0103. The molecule has 8 nitrogen and oxygen atoms in total. The number of rotatable bonds is 5. The average molecular weight is 509 g/mol. The molecule has 1 atom stereocenters. The van der Waals surface area contributed by atoms with E-state index in [4.69, 9.17) is 4.74 Å². The van der Waals surface area contributed by atoms with Crippen molar-refractivity contribution >= 4 is 34.4 Å². The van der Waals surface area contributed by atoms with E-state index in [2.05, 4.69) is 10.3 Å². The molecule has 0 aliphatic carbocycles. The van der Waals surface area contributed by atoms with Gasteiger partial charge in [0.2, 0.25) is 0 Å². The monoisotopic (exact) mass is 508 g/mol. The zero-order valence-corrected chi connectivity index (χ0v) is 21.5. The summed E-state index contributed by atoms with van der Waals surface area (Å²) in [6.07, 6.45) is 0.601. The Kier molecular flexibility index (Phi) is 5.48. The van der Waals surface area contributed by atoms with E-state index < -0.39 is 11.6 Å². The Bertz CT molecular complexity index is 1610. The van der Waals surface area contributed by atoms with Crippen molar-refractivity contribution < 1.29 is 19.1 Å². The number of imide groups is 1. The van der Waals surface area contributed by atoms with Gasteiger partial charge in [0.05, 0.1) is 24.1 Å². The molecule has 6 rings (SSSR count). The SMILES string of the molecule is COc1ccc2[nH]c3c(c2c1)CCN1C(=O)N(c2ccccc2C(=O)NCc2ccc(C)cc2)C(=O)C31C. The van der Waals surface area contributed by atoms with Gasteiger partial charge < -0.3 is 19.9 Å². The van der Waals surface area contributed by atoms with Crippen LogP contribution < -0.4 is 15.0 Å². The highest BCUT2D eigenvalue weighted by molar-refractivity contribution is 6.25. The fourth-order valence-electron chi connectivity index (χ4n) is 5.60. The molecule has 2 aliphatic rings. The molecule has 1 aromatic heterocycles. The summed E-state index contributed by atoms with van der Waals surface area (Å²) in [5.41, 5.74) is 4.02. The van der Waals surface area contributed by atoms with E-state index in [1.807, 2.05) is 49.4 Å². The first-order valence-electron chi connectivity index (χ1n) is 12.6. The minimum Gasteiger partial charge on any atom is -0.497 e. The van der Waals surface area contributed by atoms with Gasteiger partial charge in [0, 0.05) is 24.0 Å². The summed E-state index contributed by atoms with van der Waals surface area (Å²) >= 11 is 0. The molecule has 1 unspecified atom stereocenters. The molecule has 2 N–H and O–H groups in total. The second-order valence-corrected chi connectivity index (χ2v) is 9.97. The number of aromatic nitrogens is 1. The maximum absolute atomic E-state index is 14.1. The second kappa shape index (κ2) is 8.76. The van der Waals surface area contributed by atoms with Gasteiger partial charge in [0.25, 0.3) is 11.8 Å². The number of anilines is 1. The molecule has 1 saturated heterocycles. The van der Waals surface area contributed by atoms with Crippen LogP contribution in [-0.2, 0) is 23.3 Å². The highest BCUT2D eigenvalue weighted by atomic mass is 16.5. The minimum absolute atomic E-state index is 0.270. The fraction of sp³-hybridized carbons (Fsp3) is 0.233. The Morgan fingerprint density at radius 2 is 1.84 bits per heavy atom. The van der Waals surface area contributed by atoms with Crippen molar-refractivity contribution in [1.82, 2.24) is 15.2 Å². The molecule has 4 amide bonds. The van der Waals surface area contributed by atoms with Crippen LogP contribution in [0.25, 0.3) is 10.9 Å². The molecular formula is C30H28N4O4. The van der Waals surface area contributed by atoms with Crippen molar-refractivity contribution in [3.8, 4) is 5.75 Å². The first-order chi connectivity index (χ1) is 18.3. The zero-order chi connectivity index (χ0) is 26.6. The first-order valence-corrected chi connectivity index (χ1v) is 12.6. The lowest BCUT2D eigenvalue weighted by molar-refractivity contribution is -0.125. The van der Waals surface area contributed by atoms with Gasteiger partial charge in [-0.2, -0.15) is 0 Å². The van der Waals surface area contributed by atoms with Gasteiger partial charge in [-0.15, -0.1) is 0 Å². The number of H-pyrrole nitrogens is 1. The molecule has 3 aromatic carbocycles. The zero-order valence-electron chi connectivity index (χ0n) is 21.5. The number of benzene rings is 3. The standard InChI is InChI=1S/C30H28N4O4/c1-18-8-10-19(11-9-18)17-31-27(35)22-6-4-5-7-25(22)34-28(36)30(2)26-21(14-15-33(30)29(34)37)23-16-20(38-3)12-13-24(23)32-26/h4-13,16,32H,14-15,17H2,1-3H3,(H,31,35). The lowest BCUT2D eigenvalue weighted by Gasteiger charge is -2.35. The molecule has 1 fully saturated rings. The van der Waals surface area contributed by atoms with E-state index in [0.29, 0.717) is 25.2 Å². The van der Waals surface area contributed by atoms with Gasteiger partial charge in [-0.1, -0.05) is 42.0 Å². The second-order valence-electron chi connectivity index (χ2n) is 9.97. The van der Waals surface area contributed by atoms with Gasteiger partial charge in [-0.05, 0) is 61.7 Å². The molecule has 2 aliphatic heterocycles. The van der Waals surface area contributed by atoms with Crippen LogP contribution in [-0.4, -0.2) is 41.4 Å². The molecule has 0 saturated carbocycles. The third-order valence-corrected chi connectivity index (χ3v) is 7.73. The van der Waals surface area contributed by atoms with Crippen molar-refractivity contribution in [3.05, 3.63) is 94.7 Å². The number of hydrogen-bond acceptors (Lipinski definition) is 4. The number of nitrogens with zero attached hydrogens (tertiary/aromatic N) is 2. The number of methoxy groups -OCH3 is 1. The maximum atomic E-state index is 14.1. The van der Waals surface area contributed by atoms with Crippen LogP contribution in [0.3, 0.4) is 0 Å². The van der Waals surface area contributed by atoms with Crippen LogP contribution in [0, 0.1) is 6.92 Å². The molecular weight excluding hydrogens is 480 g/mol. The number of nitrogens with one attached hydrogen (secondary N) is 2. The summed E-state index contributed by atoms with van der Waals surface area (Å²) in [4.78, 5) is 47.3. The summed E-state index contributed by atoms with van der Waals surface area (Å²) < 4.78 is 5.40. The number of ether oxygens (including phenoxy) is 1. The number of amides is 4. The lowest BCUT2D eigenvalue weighted by Crippen LogP contribution is -2.49. The normalized spacial score (nSPS) is 18.5. The predicted octanol–water partition coefficient (Wildman–Crippen LogP) is 4.66. The van der Waals surface area contributed by atoms with Crippen LogP contribution in [0.4, 0.5) is 10.5 Å². The molecule has 4 aromatic rings. The van der Waals surface area contributed by atoms with Crippen LogP contribution in [0.2, 0.25) is 0 Å². The van der Waals surface area contributed by atoms with Gasteiger partial charge in [-0.3, -0.25) is 9.59 Å². The van der Waals surface area contributed by atoms with E-state index in [1.54, 1.807) is 43.2 Å². The molecule has 3 heterocycles. The first kappa shape index (κ1) is 23.8. The number of hydrogen-bond donors (Lipinski definition) is 2. The number of carbonyl (C=O) groups is 3. The number of urea groups is 1. The van der Waals surface area contributed by atoms with E-state index in [9.17, 15) is 14.4 Å². The van der Waals surface area contributed by atoms with E-state index in [-0.39, 0.29) is 23.1 Å². The Morgan fingerprint density at radius 3 is 2.61 bits per heavy atom. The number of para-hydroxylation sites is 1. The summed E-state index contributed by atoms with van der Waals surface area (Å²) in [6, 6.07) is 20.0. The number of aryl methyl sites for hydroxylation is 1. The average Bonchev–Trinajstić information content (AvgIpc) is 3.40. The highest BCUT2D eigenvalue weighted by Crippen LogP contribution is 2.46. The van der Waals surface area contributed by atoms with E-state index >= 15 is 0 Å². The van der Waals surface area contributed by atoms with Crippen LogP contribution in [0.5, 0.6) is 5.75 Å². The Hall–Kier alpha value is -4.59. The third kappa shape index (κ3) is 3.48. The Balaban J connectivity index is 1.36.